The lowest BCUT2D eigenvalue weighted by Crippen LogP contribution is -2.10. The van der Waals surface area contributed by atoms with Gasteiger partial charge in [0.05, 0.1) is 34.5 Å². The molecule has 3 aromatic rings. The van der Waals surface area contributed by atoms with Gasteiger partial charge in [0, 0.05) is 16.7 Å². The second kappa shape index (κ2) is 8.02. The summed E-state index contributed by atoms with van der Waals surface area (Å²) in [5, 5.41) is 30.1. The van der Waals surface area contributed by atoms with Crippen molar-refractivity contribution in [3.05, 3.63) is 45.1 Å². The van der Waals surface area contributed by atoms with E-state index in [4.69, 9.17) is 18.6 Å². The van der Waals surface area contributed by atoms with Crippen molar-refractivity contribution >= 4 is 11.0 Å². The summed E-state index contributed by atoms with van der Waals surface area (Å²) >= 11 is 0. The van der Waals surface area contributed by atoms with Gasteiger partial charge in [-0.2, -0.15) is 0 Å². The number of hydrogen-bond acceptors (Lipinski definition) is 8. The largest absolute Gasteiger partial charge is 0.502 e. The Bertz CT molecular complexity index is 1130. The zero-order chi connectivity index (χ0) is 21.3. The molecule has 0 unspecified atom stereocenters. The number of aryl methyl sites for hydroxylation is 1. The molecule has 0 saturated carbocycles. The molecule has 0 radical (unpaired) electrons. The van der Waals surface area contributed by atoms with Crippen LogP contribution in [0.5, 0.6) is 23.0 Å². The Labute approximate surface area is 166 Å². The predicted molar refractivity (Wildman–Crippen MR) is 106 cm³/mol. The van der Waals surface area contributed by atoms with E-state index in [1.165, 1.54) is 14.2 Å². The minimum atomic E-state index is -0.746. The molecule has 8 nitrogen and oxygen atoms in total. The van der Waals surface area contributed by atoms with Crippen molar-refractivity contribution in [2.75, 3.05) is 21.3 Å². The summed E-state index contributed by atoms with van der Waals surface area (Å²) < 4.78 is 21.8. The standard InChI is InChI=1S/C21H22O8/c1-10-7-11(5-6-14(10)26-2)18-17(25)16(24)15-19(27-3)12(8-22)13(9-23)20(28-4)21(15)29-18/h5-7,22-23,25H,8-9H2,1-4H3. The Kier molecular flexibility index (Phi) is 5.67. The predicted octanol–water partition coefficient (Wildman–Crippen LogP) is 2.48. The summed E-state index contributed by atoms with van der Waals surface area (Å²) in [4.78, 5) is 13.0. The van der Waals surface area contributed by atoms with Crippen LogP contribution in [-0.4, -0.2) is 36.6 Å². The maximum absolute atomic E-state index is 13.0. The molecule has 0 aliphatic rings. The summed E-state index contributed by atoms with van der Waals surface area (Å²) in [5.41, 5.74) is 0.894. The van der Waals surface area contributed by atoms with Crippen LogP contribution in [0, 0.1) is 6.92 Å². The number of methoxy groups -OCH3 is 3. The summed E-state index contributed by atoms with van der Waals surface area (Å²) in [6.07, 6.45) is 0. The molecule has 0 fully saturated rings. The van der Waals surface area contributed by atoms with Crippen LogP contribution in [0.2, 0.25) is 0 Å². The zero-order valence-electron chi connectivity index (χ0n) is 16.5. The lowest BCUT2D eigenvalue weighted by Gasteiger charge is -2.18. The Hall–Kier alpha value is -3.23. The number of benzene rings is 2. The monoisotopic (exact) mass is 402 g/mol. The van der Waals surface area contributed by atoms with Crippen LogP contribution in [0.3, 0.4) is 0 Å². The van der Waals surface area contributed by atoms with Crippen molar-refractivity contribution in [3.8, 4) is 34.3 Å². The number of rotatable bonds is 6. The molecule has 29 heavy (non-hydrogen) atoms. The van der Waals surface area contributed by atoms with Crippen molar-refractivity contribution < 1.29 is 33.9 Å². The maximum Gasteiger partial charge on any atom is 0.238 e. The smallest absolute Gasteiger partial charge is 0.238 e. The molecule has 0 bridgehead atoms. The SMILES string of the molecule is COc1ccc(-c2oc3c(OC)c(CO)c(CO)c(OC)c3c(=O)c2O)cc1C. The zero-order valence-corrected chi connectivity index (χ0v) is 16.5. The lowest BCUT2D eigenvalue weighted by atomic mass is 10.00. The van der Waals surface area contributed by atoms with Crippen LogP contribution in [0.4, 0.5) is 0 Å². The number of aliphatic hydroxyl groups is 2. The number of fused-ring (bicyclic) bond motifs is 1. The van der Waals surface area contributed by atoms with Gasteiger partial charge in [-0.25, -0.2) is 0 Å². The van der Waals surface area contributed by atoms with Crippen LogP contribution in [0.1, 0.15) is 16.7 Å². The fourth-order valence-corrected chi connectivity index (χ4v) is 3.45. The average Bonchev–Trinajstić information content (AvgIpc) is 2.73. The number of hydrogen-bond donors (Lipinski definition) is 3. The first-order valence-corrected chi connectivity index (χ1v) is 8.75. The van der Waals surface area contributed by atoms with Gasteiger partial charge >= 0.3 is 0 Å². The normalized spacial score (nSPS) is 11.0. The van der Waals surface area contributed by atoms with Crippen molar-refractivity contribution in [1.29, 1.82) is 0 Å². The molecule has 0 aliphatic carbocycles. The fourth-order valence-electron chi connectivity index (χ4n) is 3.45. The molecule has 2 aromatic carbocycles. The minimum absolute atomic E-state index is 0.00290. The second-order valence-electron chi connectivity index (χ2n) is 6.34. The highest BCUT2D eigenvalue weighted by atomic mass is 16.5. The molecule has 0 amide bonds. The van der Waals surface area contributed by atoms with Gasteiger partial charge in [-0.15, -0.1) is 0 Å². The van der Waals surface area contributed by atoms with Gasteiger partial charge < -0.3 is 33.9 Å². The number of aliphatic hydroxyl groups excluding tert-OH is 2. The van der Waals surface area contributed by atoms with E-state index in [0.717, 1.165) is 5.56 Å². The van der Waals surface area contributed by atoms with E-state index in [9.17, 15) is 20.1 Å². The lowest BCUT2D eigenvalue weighted by molar-refractivity contribution is 0.248. The van der Waals surface area contributed by atoms with E-state index >= 15 is 0 Å². The first-order chi connectivity index (χ1) is 13.9. The first-order valence-electron chi connectivity index (χ1n) is 8.75. The van der Waals surface area contributed by atoms with Crippen LogP contribution in [0.15, 0.2) is 27.4 Å². The van der Waals surface area contributed by atoms with E-state index in [0.29, 0.717) is 11.3 Å². The Morgan fingerprint density at radius 1 is 0.966 bits per heavy atom. The third kappa shape index (κ3) is 3.16. The third-order valence-electron chi connectivity index (χ3n) is 4.82. The molecule has 154 valence electrons. The highest BCUT2D eigenvalue weighted by Crippen LogP contribution is 2.43. The Morgan fingerprint density at radius 2 is 1.59 bits per heavy atom. The van der Waals surface area contributed by atoms with E-state index in [-0.39, 0.29) is 39.4 Å². The van der Waals surface area contributed by atoms with Crippen molar-refractivity contribution in [2.45, 2.75) is 20.1 Å². The van der Waals surface area contributed by atoms with Gasteiger partial charge in [-0.05, 0) is 30.7 Å². The van der Waals surface area contributed by atoms with Crippen LogP contribution < -0.4 is 19.6 Å². The molecule has 3 rings (SSSR count). The summed E-state index contributed by atoms with van der Waals surface area (Å²) in [6, 6.07) is 5.05. The number of ether oxygens (including phenoxy) is 3. The quantitative estimate of drug-likeness (QED) is 0.575. The van der Waals surface area contributed by atoms with Gasteiger partial charge in [-0.3, -0.25) is 4.79 Å². The highest BCUT2D eigenvalue weighted by molar-refractivity contribution is 5.94. The summed E-state index contributed by atoms with van der Waals surface area (Å²) in [5.74, 6) is 0.0628. The van der Waals surface area contributed by atoms with E-state index in [1.807, 2.05) is 6.92 Å². The molecule has 0 spiro atoms. The van der Waals surface area contributed by atoms with Crippen molar-refractivity contribution in [2.24, 2.45) is 0 Å². The molecule has 1 aromatic heterocycles. The molecule has 0 saturated heterocycles. The third-order valence-corrected chi connectivity index (χ3v) is 4.82. The van der Waals surface area contributed by atoms with Crippen LogP contribution in [-0.2, 0) is 13.2 Å². The second-order valence-corrected chi connectivity index (χ2v) is 6.34. The molecule has 3 N–H and O–H groups in total. The summed E-state index contributed by atoms with van der Waals surface area (Å²) in [6.45, 7) is 0.831. The minimum Gasteiger partial charge on any atom is -0.502 e. The Morgan fingerprint density at radius 3 is 2.10 bits per heavy atom. The average molecular weight is 402 g/mol. The van der Waals surface area contributed by atoms with Gasteiger partial charge in [0.15, 0.2) is 17.1 Å². The molecule has 0 aliphatic heterocycles. The van der Waals surface area contributed by atoms with E-state index < -0.39 is 24.4 Å². The van der Waals surface area contributed by atoms with Gasteiger partial charge in [0.2, 0.25) is 11.2 Å². The van der Waals surface area contributed by atoms with Gasteiger partial charge in [0.25, 0.3) is 0 Å². The van der Waals surface area contributed by atoms with Crippen LogP contribution >= 0.6 is 0 Å². The Balaban J connectivity index is 2.47. The molecule has 1 heterocycles. The van der Waals surface area contributed by atoms with Crippen molar-refractivity contribution in [3.63, 3.8) is 0 Å². The maximum atomic E-state index is 13.0. The molecular weight excluding hydrogens is 380 g/mol. The topological polar surface area (TPSA) is 119 Å². The highest BCUT2D eigenvalue weighted by Gasteiger charge is 2.27. The molecule has 0 atom stereocenters. The van der Waals surface area contributed by atoms with Crippen LogP contribution in [0.25, 0.3) is 22.3 Å². The van der Waals surface area contributed by atoms with Gasteiger partial charge in [-0.1, -0.05) is 0 Å². The molecule has 8 heteroatoms. The molecular formula is C21H22O8. The van der Waals surface area contributed by atoms with Gasteiger partial charge in [0.1, 0.15) is 16.9 Å². The fraction of sp³-hybridized carbons (Fsp3) is 0.286. The van der Waals surface area contributed by atoms with E-state index in [2.05, 4.69) is 0 Å². The summed E-state index contributed by atoms with van der Waals surface area (Å²) in [7, 11) is 4.21. The van der Waals surface area contributed by atoms with Crippen molar-refractivity contribution in [1.82, 2.24) is 0 Å². The number of aromatic hydroxyl groups is 1. The van der Waals surface area contributed by atoms with E-state index in [1.54, 1.807) is 25.3 Å². The first kappa shape index (κ1) is 20.5.